The van der Waals surface area contributed by atoms with Crippen molar-refractivity contribution in [1.29, 1.82) is 0 Å². The third-order valence-electron chi connectivity index (χ3n) is 3.37. The second kappa shape index (κ2) is 8.18. The first kappa shape index (κ1) is 16.0. The minimum absolute atomic E-state index is 0.381. The van der Waals surface area contributed by atoms with Gasteiger partial charge in [0.2, 0.25) is 0 Å². The summed E-state index contributed by atoms with van der Waals surface area (Å²) in [6.07, 6.45) is 0. The molecule has 0 aliphatic heterocycles. The quantitative estimate of drug-likeness (QED) is 0.780. The Morgan fingerprint density at radius 1 is 1.26 bits per heavy atom. The van der Waals surface area contributed by atoms with E-state index < -0.39 is 0 Å². The molecule has 108 valence electrons. The molecule has 0 saturated heterocycles. The predicted molar refractivity (Wildman–Crippen MR) is 81.7 cm³/mol. The number of rotatable bonds is 8. The lowest BCUT2D eigenvalue weighted by atomic mass is 10.0. The van der Waals surface area contributed by atoms with Gasteiger partial charge >= 0.3 is 0 Å². The van der Waals surface area contributed by atoms with Crippen LogP contribution < -0.4 is 10.1 Å². The van der Waals surface area contributed by atoms with Crippen LogP contribution in [0.5, 0.6) is 5.75 Å². The molecule has 1 unspecified atom stereocenters. The fraction of sp³-hybridized carbons (Fsp3) is 0.625. The number of hydrogen-bond donors (Lipinski definition) is 1. The second-order valence-corrected chi connectivity index (χ2v) is 4.91. The van der Waals surface area contributed by atoms with E-state index in [1.807, 2.05) is 6.92 Å². The normalized spacial score (nSPS) is 12.7. The zero-order valence-electron chi connectivity index (χ0n) is 13.0. The summed E-state index contributed by atoms with van der Waals surface area (Å²) < 4.78 is 5.73. The Balaban J connectivity index is 2.96. The van der Waals surface area contributed by atoms with Crippen molar-refractivity contribution in [3.63, 3.8) is 0 Å². The summed E-state index contributed by atoms with van der Waals surface area (Å²) in [7, 11) is 2.14. The van der Waals surface area contributed by atoms with Crippen LogP contribution in [0.3, 0.4) is 0 Å². The van der Waals surface area contributed by atoms with Crippen molar-refractivity contribution >= 4 is 0 Å². The smallest absolute Gasteiger partial charge is 0.123 e. The molecule has 0 radical (unpaired) electrons. The topological polar surface area (TPSA) is 24.5 Å². The molecule has 0 bridgehead atoms. The summed E-state index contributed by atoms with van der Waals surface area (Å²) in [4.78, 5) is 2.29. The van der Waals surface area contributed by atoms with Crippen molar-refractivity contribution in [2.45, 2.75) is 40.3 Å². The fourth-order valence-corrected chi connectivity index (χ4v) is 2.12. The van der Waals surface area contributed by atoms with Gasteiger partial charge in [0.15, 0.2) is 0 Å². The van der Waals surface area contributed by atoms with E-state index in [9.17, 15) is 0 Å². The molecule has 0 aromatic heterocycles. The van der Waals surface area contributed by atoms with E-state index >= 15 is 0 Å². The zero-order valence-corrected chi connectivity index (χ0v) is 13.0. The van der Waals surface area contributed by atoms with Gasteiger partial charge in [-0.15, -0.1) is 0 Å². The largest absolute Gasteiger partial charge is 0.494 e. The molecule has 1 N–H and O–H groups in total. The van der Waals surface area contributed by atoms with E-state index in [2.05, 4.69) is 56.2 Å². The Kier molecular flexibility index (Phi) is 6.89. The number of hydrogen-bond acceptors (Lipinski definition) is 3. The monoisotopic (exact) mass is 264 g/mol. The minimum Gasteiger partial charge on any atom is -0.494 e. The number of benzene rings is 1. The minimum atomic E-state index is 0.381. The molecule has 1 rings (SSSR count). The summed E-state index contributed by atoms with van der Waals surface area (Å²) >= 11 is 0. The van der Waals surface area contributed by atoms with Crippen molar-refractivity contribution in [3.8, 4) is 5.75 Å². The molecule has 1 aromatic rings. The Morgan fingerprint density at radius 3 is 2.58 bits per heavy atom. The molecule has 0 heterocycles. The van der Waals surface area contributed by atoms with E-state index in [1.165, 1.54) is 11.1 Å². The molecule has 0 amide bonds. The number of ether oxygens (including phenoxy) is 1. The van der Waals surface area contributed by atoms with Crippen molar-refractivity contribution in [3.05, 3.63) is 29.3 Å². The van der Waals surface area contributed by atoms with Gasteiger partial charge in [0.25, 0.3) is 0 Å². The molecular weight excluding hydrogens is 236 g/mol. The SMILES string of the molecule is CCNC(C)c1ccc(OCC)c(CN(C)CC)c1. The lowest BCUT2D eigenvalue weighted by Gasteiger charge is -2.20. The molecule has 19 heavy (non-hydrogen) atoms. The molecule has 0 fully saturated rings. The summed E-state index contributed by atoms with van der Waals surface area (Å²) in [6.45, 7) is 12.2. The highest BCUT2D eigenvalue weighted by molar-refractivity contribution is 5.38. The fourth-order valence-electron chi connectivity index (χ4n) is 2.12. The van der Waals surface area contributed by atoms with Gasteiger partial charge in [-0.3, -0.25) is 0 Å². The standard InChI is InChI=1S/C16H28N2O/c1-6-17-13(4)14-9-10-16(19-8-3)15(11-14)12-18(5)7-2/h9-11,13,17H,6-8,12H2,1-5H3. The van der Waals surface area contributed by atoms with E-state index in [-0.39, 0.29) is 0 Å². The third kappa shape index (κ3) is 4.84. The van der Waals surface area contributed by atoms with Crippen LogP contribution in [0.15, 0.2) is 18.2 Å². The highest BCUT2D eigenvalue weighted by Gasteiger charge is 2.10. The van der Waals surface area contributed by atoms with Gasteiger partial charge in [-0.25, -0.2) is 0 Å². The maximum Gasteiger partial charge on any atom is 0.123 e. The summed E-state index contributed by atoms with van der Waals surface area (Å²) in [5.74, 6) is 1.01. The van der Waals surface area contributed by atoms with Gasteiger partial charge < -0.3 is 15.0 Å². The molecule has 1 atom stereocenters. The molecule has 0 saturated carbocycles. The van der Waals surface area contributed by atoms with Crippen molar-refractivity contribution in [1.82, 2.24) is 10.2 Å². The van der Waals surface area contributed by atoms with Gasteiger partial charge in [0.1, 0.15) is 5.75 Å². The van der Waals surface area contributed by atoms with Crippen LogP contribution in [0.4, 0.5) is 0 Å². The van der Waals surface area contributed by atoms with E-state index in [4.69, 9.17) is 4.74 Å². The highest BCUT2D eigenvalue weighted by atomic mass is 16.5. The molecule has 0 aliphatic carbocycles. The van der Waals surface area contributed by atoms with Crippen LogP contribution in [-0.4, -0.2) is 31.6 Å². The Bertz CT molecular complexity index is 379. The lowest BCUT2D eigenvalue weighted by molar-refractivity contribution is 0.311. The first-order valence-electron chi connectivity index (χ1n) is 7.29. The average Bonchev–Trinajstić information content (AvgIpc) is 2.41. The van der Waals surface area contributed by atoms with Crippen LogP contribution in [0.25, 0.3) is 0 Å². The van der Waals surface area contributed by atoms with E-state index in [0.717, 1.165) is 25.4 Å². The van der Waals surface area contributed by atoms with Gasteiger partial charge in [0, 0.05) is 18.2 Å². The van der Waals surface area contributed by atoms with Crippen LogP contribution in [0.2, 0.25) is 0 Å². The first-order valence-corrected chi connectivity index (χ1v) is 7.29. The van der Waals surface area contributed by atoms with Gasteiger partial charge in [-0.1, -0.05) is 19.9 Å². The Labute approximate surface area is 118 Å². The van der Waals surface area contributed by atoms with Crippen molar-refractivity contribution in [2.24, 2.45) is 0 Å². The van der Waals surface area contributed by atoms with Crippen LogP contribution in [-0.2, 0) is 6.54 Å². The van der Waals surface area contributed by atoms with E-state index in [0.29, 0.717) is 12.6 Å². The van der Waals surface area contributed by atoms with Gasteiger partial charge in [-0.05, 0) is 51.7 Å². The van der Waals surface area contributed by atoms with Gasteiger partial charge in [0.05, 0.1) is 6.61 Å². The summed E-state index contributed by atoms with van der Waals surface area (Å²) in [5, 5.41) is 3.45. The maximum absolute atomic E-state index is 5.73. The molecule has 3 nitrogen and oxygen atoms in total. The maximum atomic E-state index is 5.73. The predicted octanol–water partition coefficient (Wildman–Crippen LogP) is 3.21. The van der Waals surface area contributed by atoms with Crippen LogP contribution in [0.1, 0.15) is 44.9 Å². The Hall–Kier alpha value is -1.06. The third-order valence-corrected chi connectivity index (χ3v) is 3.37. The average molecular weight is 264 g/mol. The number of nitrogens with one attached hydrogen (secondary N) is 1. The van der Waals surface area contributed by atoms with Crippen molar-refractivity contribution < 1.29 is 4.74 Å². The van der Waals surface area contributed by atoms with Crippen LogP contribution >= 0.6 is 0 Å². The van der Waals surface area contributed by atoms with Gasteiger partial charge in [-0.2, -0.15) is 0 Å². The highest BCUT2D eigenvalue weighted by Crippen LogP contribution is 2.24. The second-order valence-electron chi connectivity index (χ2n) is 4.91. The molecule has 1 aromatic carbocycles. The summed E-state index contributed by atoms with van der Waals surface area (Å²) in [6, 6.07) is 6.91. The molecular formula is C16H28N2O. The molecule has 0 spiro atoms. The molecule has 3 heteroatoms. The molecule has 0 aliphatic rings. The number of nitrogens with zero attached hydrogens (tertiary/aromatic N) is 1. The zero-order chi connectivity index (χ0) is 14.3. The summed E-state index contributed by atoms with van der Waals surface area (Å²) in [5.41, 5.74) is 2.60. The van der Waals surface area contributed by atoms with E-state index in [1.54, 1.807) is 0 Å². The first-order chi connectivity index (χ1) is 9.12. The lowest BCUT2D eigenvalue weighted by Crippen LogP contribution is -2.20. The van der Waals surface area contributed by atoms with Crippen LogP contribution in [0, 0.1) is 0 Å². The van der Waals surface area contributed by atoms with Crippen molar-refractivity contribution in [2.75, 3.05) is 26.7 Å². The Morgan fingerprint density at radius 2 is 2.00 bits per heavy atom.